The summed E-state index contributed by atoms with van der Waals surface area (Å²) in [5.41, 5.74) is 1.31. The topological polar surface area (TPSA) is 67.9 Å². The molecule has 7 heteroatoms. The van der Waals surface area contributed by atoms with Crippen LogP contribution in [0.3, 0.4) is 0 Å². The number of carbonyl (C=O) groups excluding carboxylic acids is 2. The fourth-order valence-corrected chi connectivity index (χ4v) is 2.42. The lowest BCUT2D eigenvalue weighted by molar-refractivity contribution is -0.125. The van der Waals surface area contributed by atoms with E-state index in [1.54, 1.807) is 41.3 Å². The fraction of sp³-hybridized carbons (Fsp3) is 0.222. The Balaban J connectivity index is 1.55. The van der Waals surface area contributed by atoms with E-state index in [1.165, 1.54) is 12.1 Å². The Morgan fingerprint density at radius 2 is 1.96 bits per heavy atom. The highest BCUT2D eigenvalue weighted by Crippen LogP contribution is 2.20. The smallest absolute Gasteiger partial charge is 0.262 e. The molecule has 6 nitrogen and oxygen atoms in total. The molecule has 1 heterocycles. The number of hydrogen-bond acceptors (Lipinski definition) is 4. The number of benzene rings is 2. The second kappa shape index (κ2) is 7.76. The molecule has 1 aliphatic rings. The second-order valence-electron chi connectivity index (χ2n) is 5.41. The summed E-state index contributed by atoms with van der Waals surface area (Å²) >= 11 is 0. The third kappa shape index (κ3) is 4.33. The number of anilines is 2. The van der Waals surface area contributed by atoms with Crippen molar-refractivity contribution in [3.63, 3.8) is 0 Å². The van der Waals surface area contributed by atoms with Crippen LogP contribution in [0.4, 0.5) is 15.8 Å². The SMILES string of the molecule is O=C(COc1ccccc1F)Nc1ccc(N2CCOCC2=O)cc1. The van der Waals surface area contributed by atoms with Gasteiger partial charge in [0.15, 0.2) is 18.2 Å². The van der Waals surface area contributed by atoms with Crippen molar-refractivity contribution in [2.75, 3.05) is 36.6 Å². The average Bonchev–Trinajstić information content (AvgIpc) is 2.62. The van der Waals surface area contributed by atoms with E-state index in [-0.39, 0.29) is 24.9 Å². The van der Waals surface area contributed by atoms with Gasteiger partial charge in [-0.15, -0.1) is 0 Å². The predicted molar refractivity (Wildman–Crippen MR) is 90.1 cm³/mol. The molecule has 2 aromatic carbocycles. The molecule has 2 aromatic rings. The molecule has 1 aliphatic heterocycles. The summed E-state index contributed by atoms with van der Waals surface area (Å²) in [4.78, 5) is 25.3. The van der Waals surface area contributed by atoms with Crippen LogP contribution in [0.25, 0.3) is 0 Å². The quantitative estimate of drug-likeness (QED) is 0.903. The summed E-state index contributed by atoms with van der Waals surface area (Å²) in [5, 5.41) is 2.66. The van der Waals surface area contributed by atoms with Gasteiger partial charge >= 0.3 is 0 Å². The maximum absolute atomic E-state index is 13.4. The Morgan fingerprint density at radius 3 is 2.68 bits per heavy atom. The minimum Gasteiger partial charge on any atom is -0.481 e. The molecule has 1 saturated heterocycles. The van der Waals surface area contributed by atoms with Crippen LogP contribution in [0.2, 0.25) is 0 Å². The number of morpholine rings is 1. The van der Waals surface area contributed by atoms with Gasteiger partial charge in [-0.1, -0.05) is 12.1 Å². The fourth-order valence-electron chi connectivity index (χ4n) is 2.42. The van der Waals surface area contributed by atoms with Crippen molar-refractivity contribution in [1.82, 2.24) is 0 Å². The zero-order valence-electron chi connectivity index (χ0n) is 13.4. The van der Waals surface area contributed by atoms with E-state index in [4.69, 9.17) is 9.47 Å². The van der Waals surface area contributed by atoms with Gasteiger partial charge in [0.25, 0.3) is 11.8 Å². The molecule has 25 heavy (non-hydrogen) atoms. The Bertz CT molecular complexity index is 764. The molecule has 0 atom stereocenters. The van der Waals surface area contributed by atoms with E-state index < -0.39 is 11.7 Å². The van der Waals surface area contributed by atoms with Crippen LogP contribution in [0.5, 0.6) is 5.75 Å². The van der Waals surface area contributed by atoms with E-state index in [0.717, 1.165) is 5.69 Å². The highest BCUT2D eigenvalue weighted by atomic mass is 19.1. The van der Waals surface area contributed by atoms with Crippen LogP contribution in [-0.4, -0.2) is 38.2 Å². The first-order valence-electron chi connectivity index (χ1n) is 7.79. The molecule has 130 valence electrons. The van der Waals surface area contributed by atoms with E-state index in [1.807, 2.05) is 0 Å². The van der Waals surface area contributed by atoms with Crippen LogP contribution in [0.1, 0.15) is 0 Å². The van der Waals surface area contributed by atoms with Crippen LogP contribution < -0.4 is 15.0 Å². The molecular formula is C18H17FN2O4. The Kier molecular flexibility index (Phi) is 5.25. The van der Waals surface area contributed by atoms with Crippen molar-refractivity contribution >= 4 is 23.2 Å². The molecular weight excluding hydrogens is 327 g/mol. The number of para-hydroxylation sites is 1. The maximum Gasteiger partial charge on any atom is 0.262 e. The number of nitrogens with zero attached hydrogens (tertiary/aromatic N) is 1. The Labute approximate surface area is 144 Å². The van der Waals surface area contributed by atoms with E-state index in [2.05, 4.69) is 5.32 Å². The molecule has 0 aromatic heterocycles. The summed E-state index contributed by atoms with van der Waals surface area (Å²) in [6, 6.07) is 12.8. The first-order chi connectivity index (χ1) is 12.1. The largest absolute Gasteiger partial charge is 0.481 e. The van der Waals surface area contributed by atoms with Gasteiger partial charge in [0.2, 0.25) is 0 Å². The first kappa shape index (κ1) is 16.9. The van der Waals surface area contributed by atoms with Gasteiger partial charge in [0, 0.05) is 17.9 Å². The maximum atomic E-state index is 13.4. The van der Waals surface area contributed by atoms with Gasteiger partial charge in [0.05, 0.1) is 6.61 Å². The summed E-state index contributed by atoms with van der Waals surface area (Å²) in [5.74, 6) is -0.992. The van der Waals surface area contributed by atoms with Gasteiger partial charge in [-0.05, 0) is 36.4 Å². The summed E-state index contributed by atoms with van der Waals surface area (Å²) in [6.07, 6.45) is 0. The molecule has 0 unspecified atom stereocenters. The zero-order valence-corrected chi connectivity index (χ0v) is 13.4. The normalized spacial score (nSPS) is 14.3. The van der Waals surface area contributed by atoms with Crippen molar-refractivity contribution in [1.29, 1.82) is 0 Å². The highest BCUT2D eigenvalue weighted by Gasteiger charge is 2.19. The predicted octanol–water partition coefficient (Wildman–Crippen LogP) is 2.21. The van der Waals surface area contributed by atoms with E-state index in [9.17, 15) is 14.0 Å². The number of amides is 2. The summed E-state index contributed by atoms with van der Waals surface area (Å²) < 4.78 is 23.7. The lowest BCUT2D eigenvalue weighted by atomic mass is 10.2. The summed E-state index contributed by atoms with van der Waals surface area (Å²) in [6.45, 7) is 0.773. The van der Waals surface area contributed by atoms with Crippen molar-refractivity contribution in [2.45, 2.75) is 0 Å². The van der Waals surface area contributed by atoms with Gasteiger partial charge in [-0.2, -0.15) is 0 Å². The Morgan fingerprint density at radius 1 is 1.20 bits per heavy atom. The average molecular weight is 344 g/mol. The molecule has 0 bridgehead atoms. The van der Waals surface area contributed by atoms with Crippen LogP contribution in [0.15, 0.2) is 48.5 Å². The van der Waals surface area contributed by atoms with Gasteiger partial charge < -0.3 is 19.7 Å². The van der Waals surface area contributed by atoms with Gasteiger partial charge in [0.1, 0.15) is 6.61 Å². The highest BCUT2D eigenvalue weighted by molar-refractivity contribution is 5.96. The molecule has 0 aliphatic carbocycles. The van der Waals surface area contributed by atoms with Crippen molar-refractivity contribution in [3.8, 4) is 5.75 Å². The number of nitrogens with one attached hydrogen (secondary N) is 1. The zero-order chi connectivity index (χ0) is 17.6. The minimum absolute atomic E-state index is 0.0267. The van der Waals surface area contributed by atoms with Gasteiger partial charge in [-0.25, -0.2) is 4.39 Å². The van der Waals surface area contributed by atoms with Crippen molar-refractivity contribution in [2.24, 2.45) is 0 Å². The third-order valence-electron chi connectivity index (χ3n) is 3.64. The first-order valence-corrected chi connectivity index (χ1v) is 7.79. The standard InChI is InChI=1S/C18H17FN2O4/c19-15-3-1-2-4-16(15)25-11-17(22)20-13-5-7-14(8-6-13)21-9-10-24-12-18(21)23/h1-8H,9-12H2,(H,20,22). The minimum atomic E-state index is -0.519. The number of halogens is 1. The number of hydrogen-bond donors (Lipinski definition) is 1. The molecule has 0 radical (unpaired) electrons. The van der Waals surface area contributed by atoms with Crippen molar-refractivity contribution < 1.29 is 23.5 Å². The van der Waals surface area contributed by atoms with Crippen molar-refractivity contribution in [3.05, 3.63) is 54.3 Å². The molecule has 0 spiro atoms. The van der Waals surface area contributed by atoms with Crippen LogP contribution in [-0.2, 0) is 14.3 Å². The summed E-state index contributed by atoms with van der Waals surface area (Å²) in [7, 11) is 0. The lowest BCUT2D eigenvalue weighted by Crippen LogP contribution is -2.41. The number of carbonyl (C=O) groups is 2. The third-order valence-corrected chi connectivity index (χ3v) is 3.64. The number of ether oxygens (including phenoxy) is 2. The lowest BCUT2D eigenvalue weighted by Gasteiger charge is -2.26. The van der Waals surface area contributed by atoms with E-state index >= 15 is 0 Å². The van der Waals surface area contributed by atoms with Crippen LogP contribution >= 0.6 is 0 Å². The van der Waals surface area contributed by atoms with Crippen LogP contribution in [0, 0.1) is 5.82 Å². The number of rotatable bonds is 5. The Hall–Kier alpha value is -2.93. The second-order valence-corrected chi connectivity index (χ2v) is 5.41. The molecule has 2 amide bonds. The molecule has 1 fully saturated rings. The molecule has 3 rings (SSSR count). The molecule has 0 saturated carbocycles. The monoisotopic (exact) mass is 344 g/mol. The van der Waals surface area contributed by atoms with Gasteiger partial charge in [-0.3, -0.25) is 9.59 Å². The van der Waals surface area contributed by atoms with E-state index in [0.29, 0.717) is 18.8 Å². The molecule has 1 N–H and O–H groups in total.